The summed E-state index contributed by atoms with van der Waals surface area (Å²) in [5.74, 6) is 1.42. The first kappa shape index (κ1) is 11.5. The van der Waals surface area contributed by atoms with Crippen LogP contribution in [-0.4, -0.2) is 35.4 Å². The summed E-state index contributed by atoms with van der Waals surface area (Å²) in [6.07, 6.45) is 3.51. The molecule has 1 fully saturated rings. The van der Waals surface area contributed by atoms with Crippen molar-refractivity contribution in [3.05, 3.63) is 11.7 Å². The van der Waals surface area contributed by atoms with Crippen molar-refractivity contribution in [2.75, 3.05) is 13.2 Å². The minimum absolute atomic E-state index is 0.466. The maximum atomic E-state index is 5.50. The summed E-state index contributed by atoms with van der Waals surface area (Å²) in [4.78, 5) is 4.15. The Hall–Kier alpha value is -0.940. The van der Waals surface area contributed by atoms with Gasteiger partial charge in [0.05, 0.1) is 6.10 Å². The topological polar surface area (TPSA) is 60.2 Å². The van der Waals surface area contributed by atoms with E-state index < -0.39 is 0 Å². The van der Waals surface area contributed by atoms with Crippen molar-refractivity contribution in [3.8, 4) is 0 Å². The van der Waals surface area contributed by atoms with Crippen LogP contribution in [0.5, 0.6) is 0 Å². The van der Waals surface area contributed by atoms with Gasteiger partial charge in [0, 0.05) is 25.6 Å². The molecule has 1 aromatic rings. The number of aryl methyl sites for hydroxylation is 1. The first-order valence-corrected chi connectivity index (χ1v) is 5.92. The molecule has 1 saturated carbocycles. The molecule has 2 rings (SSSR count). The molecule has 16 heavy (non-hydrogen) atoms. The molecular formula is C11H19N3O2. The highest BCUT2D eigenvalue weighted by Gasteiger charge is 2.28. The zero-order valence-corrected chi connectivity index (χ0v) is 9.90. The summed E-state index contributed by atoms with van der Waals surface area (Å²) >= 11 is 0. The molecule has 5 heteroatoms. The van der Waals surface area contributed by atoms with Crippen molar-refractivity contribution in [1.29, 1.82) is 0 Å². The van der Waals surface area contributed by atoms with E-state index >= 15 is 0 Å². The Morgan fingerprint density at radius 2 is 2.31 bits per heavy atom. The third-order valence-corrected chi connectivity index (χ3v) is 2.84. The highest BCUT2D eigenvalue weighted by molar-refractivity contribution is 4.88. The molecular weight excluding hydrogens is 206 g/mol. The Labute approximate surface area is 95.6 Å². The quantitative estimate of drug-likeness (QED) is 0.785. The van der Waals surface area contributed by atoms with Crippen LogP contribution in [0.15, 0.2) is 4.52 Å². The number of nitrogens with one attached hydrogen (secondary N) is 1. The third-order valence-electron chi connectivity index (χ3n) is 2.84. The van der Waals surface area contributed by atoms with Gasteiger partial charge in [-0.15, -0.1) is 0 Å². The second-order valence-electron chi connectivity index (χ2n) is 4.19. The summed E-state index contributed by atoms with van der Waals surface area (Å²) in [7, 11) is 0. The van der Waals surface area contributed by atoms with Gasteiger partial charge in [0.15, 0.2) is 5.82 Å². The van der Waals surface area contributed by atoms with Gasteiger partial charge in [-0.2, -0.15) is 4.98 Å². The Bertz CT molecular complexity index is 321. The summed E-state index contributed by atoms with van der Waals surface area (Å²) in [6, 6.07) is 0.598. The molecule has 1 aliphatic rings. The molecule has 90 valence electrons. The molecule has 5 nitrogen and oxygen atoms in total. The highest BCUT2D eigenvalue weighted by atomic mass is 16.5. The number of rotatable bonds is 6. The lowest BCUT2D eigenvalue weighted by Gasteiger charge is -2.35. The number of hydrogen-bond acceptors (Lipinski definition) is 5. The molecule has 1 aromatic heterocycles. The van der Waals surface area contributed by atoms with Crippen molar-refractivity contribution in [1.82, 2.24) is 15.5 Å². The highest BCUT2D eigenvalue weighted by Crippen LogP contribution is 2.22. The molecule has 0 radical (unpaired) electrons. The Balaban J connectivity index is 1.56. The lowest BCUT2D eigenvalue weighted by atomic mass is 9.89. The van der Waals surface area contributed by atoms with Gasteiger partial charge in [-0.1, -0.05) is 5.16 Å². The fraction of sp³-hybridized carbons (Fsp3) is 0.818. The second-order valence-corrected chi connectivity index (χ2v) is 4.19. The molecule has 0 unspecified atom stereocenters. The van der Waals surface area contributed by atoms with Crippen molar-refractivity contribution in [2.45, 2.75) is 45.3 Å². The van der Waals surface area contributed by atoms with E-state index in [2.05, 4.69) is 15.5 Å². The second kappa shape index (κ2) is 5.41. The van der Waals surface area contributed by atoms with E-state index in [0.29, 0.717) is 23.9 Å². The lowest BCUT2D eigenvalue weighted by Crippen LogP contribution is -2.46. The van der Waals surface area contributed by atoms with E-state index in [9.17, 15) is 0 Å². The van der Waals surface area contributed by atoms with E-state index in [1.54, 1.807) is 0 Å². The normalized spacial score (nSPS) is 24.4. The van der Waals surface area contributed by atoms with Crippen LogP contribution in [-0.2, 0) is 11.2 Å². The Morgan fingerprint density at radius 3 is 2.94 bits per heavy atom. The fourth-order valence-electron chi connectivity index (χ4n) is 1.93. The van der Waals surface area contributed by atoms with Crippen LogP contribution in [0, 0.1) is 6.92 Å². The van der Waals surface area contributed by atoms with Gasteiger partial charge in [0.25, 0.3) is 0 Å². The maximum Gasteiger partial charge on any atom is 0.227 e. The first-order chi connectivity index (χ1) is 7.78. The van der Waals surface area contributed by atoms with Gasteiger partial charge < -0.3 is 14.6 Å². The van der Waals surface area contributed by atoms with E-state index in [4.69, 9.17) is 9.26 Å². The SMILES string of the molecule is CCOC1CC(NCCc2nc(C)no2)C1. The molecule has 0 saturated heterocycles. The van der Waals surface area contributed by atoms with E-state index in [0.717, 1.165) is 32.4 Å². The number of aromatic nitrogens is 2. The molecule has 1 aliphatic carbocycles. The van der Waals surface area contributed by atoms with Gasteiger partial charge in [-0.3, -0.25) is 0 Å². The van der Waals surface area contributed by atoms with Crippen LogP contribution in [0.3, 0.4) is 0 Å². The van der Waals surface area contributed by atoms with Crippen LogP contribution in [0.1, 0.15) is 31.5 Å². The zero-order chi connectivity index (χ0) is 11.4. The molecule has 0 amide bonds. The number of hydrogen-bond donors (Lipinski definition) is 1. The predicted octanol–water partition coefficient (Wildman–Crippen LogP) is 1.08. The average molecular weight is 225 g/mol. The van der Waals surface area contributed by atoms with Crippen molar-refractivity contribution < 1.29 is 9.26 Å². The standard InChI is InChI=1S/C11H19N3O2/c1-3-15-10-6-9(7-10)12-5-4-11-13-8(2)14-16-11/h9-10,12H,3-7H2,1-2H3. The first-order valence-electron chi connectivity index (χ1n) is 5.92. The van der Waals surface area contributed by atoms with Gasteiger partial charge in [0.1, 0.15) is 0 Å². The van der Waals surface area contributed by atoms with Gasteiger partial charge in [-0.05, 0) is 26.7 Å². The van der Waals surface area contributed by atoms with Gasteiger partial charge >= 0.3 is 0 Å². The average Bonchev–Trinajstić information content (AvgIpc) is 2.60. The van der Waals surface area contributed by atoms with Crippen LogP contribution >= 0.6 is 0 Å². The predicted molar refractivity (Wildman–Crippen MR) is 59.2 cm³/mol. The van der Waals surface area contributed by atoms with Gasteiger partial charge in [-0.25, -0.2) is 0 Å². The minimum atomic E-state index is 0.466. The third kappa shape index (κ3) is 3.02. The summed E-state index contributed by atoms with van der Waals surface area (Å²) in [6.45, 7) is 5.58. The van der Waals surface area contributed by atoms with Crippen molar-refractivity contribution in [3.63, 3.8) is 0 Å². The monoisotopic (exact) mass is 225 g/mol. The summed E-state index contributed by atoms with van der Waals surface area (Å²) in [5.41, 5.74) is 0. The molecule has 0 bridgehead atoms. The van der Waals surface area contributed by atoms with E-state index in [1.807, 2.05) is 13.8 Å². The molecule has 0 aromatic carbocycles. The number of ether oxygens (including phenoxy) is 1. The van der Waals surface area contributed by atoms with Crippen molar-refractivity contribution >= 4 is 0 Å². The zero-order valence-electron chi connectivity index (χ0n) is 9.90. The van der Waals surface area contributed by atoms with Gasteiger partial charge in [0.2, 0.25) is 5.89 Å². The summed E-state index contributed by atoms with van der Waals surface area (Å²) < 4.78 is 10.5. The van der Waals surface area contributed by atoms with E-state index in [-0.39, 0.29) is 0 Å². The van der Waals surface area contributed by atoms with Crippen LogP contribution in [0.25, 0.3) is 0 Å². The molecule has 1 N–H and O–H groups in total. The molecule has 0 aliphatic heterocycles. The fourth-order valence-corrected chi connectivity index (χ4v) is 1.93. The lowest BCUT2D eigenvalue weighted by molar-refractivity contribution is -0.00968. The molecule has 0 atom stereocenters. The molecule has 1 heterocycles. The van der Waals surface area contributed by atoms with Crippen LogP contribution < -0.4 is 5.32 Å². The summed E-state index contributed by atoms with van der Waals surface area (Å²) in [5, 5.41) is 7.21. The maximum absolute atomic E-state index is 5.50. The van der Waals surface area contributed by atoms with Crippen molar-refractivity contribution in [2.24, 2.45) is 0 Å². The van der Waals surface area contributed by atoms with E-state index in [1.165, 1.54) is 0 Å². The molecule has 0 spiro atoms. The largest absolute Gasteiger partial charge is 0.378 e. The minimum Gasteiger partial charge on any atom is -0.378 e. The van der Waals surface area contributed by atoms with Crippen LogP contribution in [0.2, 0.25) is 0 Å². The van der Waals surface area contributed by atoms with Crippen LogP contribution in [0.4, 0.5) is 0 Å². The smallest absolute Gasteiger partial charge is 0.227 e. The Kier molecular flexibility index (Phi) is 3.90. The Morgan fingerprint density at radius 1 is 1.50 bits per heavy atom. The number of nitrogens with zero attached hydrogens (tertiary/aromatic N) is 2.